The van der Waals surface area contributed by atoms with Gasteiger partial charge >= 0.3 is 0 Å². The highest BCUT2D eigenvalue weighted by Gasteiger charge is 2.44. The summed E-state index contributed by atoms with van der Waals surface area (Å²) in [5, 5.41) is 4.70. The van der Waals surface area contributed by atoms with Crippen LogP contribution in [0.2, 0.25) is 0 Å². The Morgan fingerprint density at radius 1 is 1.12 bits per heavy atom. The van der Waals surface area contributed by atoms with E-state index in [2.05, 4.69) is 23.8 Å². The Labute approximate surface area is 191 Å². The molecular formula is C26H23N5O2. The molecular weight excluding hydrogens is 414 g/mol. The first-order valence-corrected chi connectivity index (χ1v) is 11.1. The van der Waals surface area contributed by atoms with E-state index in [4.69, 9.17) is 14.8 Å². The van der Waals surface area contributed by atoms with Crippen molar-refractivity contribution >= 4 is 11.4 Å². The summed E-state index contributed by atoms with van der Waals surface area (Å²) in [7, 11) is 0. The molecule has 1 aromatic carbocycles. The number of ether oxygens (including phenoxy) is 1. The molecule has 4 aromatic rings. The molecule has 33 heavy (non-hydrogen) atoms. The Balaban J connectivity index is 1.61. The number of aromatic nitrogens is 5. The molecule has 1 atom stereocenters. The van der Waals surface area contributed by atoms with Crippen LogP contribution in [-0.2, 0) is 4.79 Å². The molecule has 0 saturated carbocycles. The van der Waals surface area contributed by atoms with E-state index in [1.165, 1.54) is 0 Å². The first kappa shape index (κ1) is 19.8. The van der Waals surface area contributed by atoms with Gasteiger partial charge in [0.05, 0.1) is 11.5 Å². The topological polar surface area (TPSA) is 82.3 Å². The fraction of sp³-hybridized carbons (Fsp3) is 0.269. The molecule has 1 aliphatic carbocycles. The summed E-state index contributed by atoms with van der Waals surface area (Å²) in [5.74, 6) is 1.54. The van der Waals surface area contributed by atoms with Gasteiger partial charge in [0, 0.05) is 36.4 Å². The minimum absolute atomic E-state index is 0.0985. The molecule has 7 heteroatoms. The van der Waals surface area contributed by atoms with Crippen LogP contribution in [0, 0.1) is 12.3 Å². The molecule has 3 aromatic heterocycles. The summed E-state index contributed by atoms with van der Waals surface area (Å²) in [6, 6.07) is 11.9. The van der Waals surface area contributed by atoms with Gasteiger partial charge in [0.25, 0.3) is 0 Å². The van der Waals surface area contributed by atoms with Gasteiger partial charge in [-0.05, 0) is 29.5 Å². The van der Waals surface area contributed by atoms with Gasteiger partial charge < -0.3 is 4.74 Å². The van der Waals surface area contributed by atoms with Crippen molar-refractivity contribution in [1.82, 2.24) is 24.6 Å². The molecule has 0 N–H and O–H groups in total. The maximum absolute atomic E-state index is 13.4. The predicted molar refractivity (Wildman–Crippen MR) is 123 cm³/mol. The third kappa shape index (κ3) is 3.15. The SMILES string of the molecule is Cc1ccccc1-c1nc2c3c(ncn2n1)OC1=C(C(=O)CC(C)(C)C1)C3c1cccnc1. The summed E-state index contributed by atoms with van der Waals surface area (Å²) >= 11 is 0. The Morgan fingerprint density at radius 3 is 2.76 bits per heavy atom. The number of hydrogen-bond donors (Lipinski definition) is 0. The van der Waals surface area contributed by atoms with Crippen molar-refractivity contribution in [2.24, 2.45) is 5.41 Å². The van der Waals surface area contributed by atoms with Gasteiger partial charge in [-0.25, -0.2) is 14.5 Å². The molecule has 0 amide bonds. The molecule has 2 aliphatic rings. The van der Waals surface area contributed by atoms with E-state index in [-0.39, 0.29) is 17.1 Å². The second-order valence-corrected chi connectivity index (χ2v) is 9.58. The number of Topliss-reactive ketones (excluding diaryl/α,β-unsaturated/α-hetero) is 1. The van der Waals surface area contributed by atoms with Crippen molar-refractivity contribution in [2.45, 2.75) is 39.5 Å². The second-order valence-electron chi connectivity index (χ2n) is 9.58. The fourth-order valence-electron chi connectivity index (χ4n) is 4.96. The minimum atomic E-state index is -0.355. The average Bonchev–Trinajstić information content (AvgIpc) is 3.22. The van der Waals surface area contributed by atoms with E-state index < -0.39 is 0 Å². The lowest BCUT2D eigenvalue weighted by atomic mass is 9.70. The molecule has 4 heterocycles. The van der Waals surface area contributed by atoms with Gasteiger partial charge in [0.1, 0.15) is 12.1 Å². The largest absolute Gasteiger partial charge is 0.442 e. The lowest BCUT2D eigenvalue weighted by Gasteiger charge is -2.37. The quantitative estimate of drug-likeness (QED) is 0.454. The number of benzene rings is 1. The Bertz CT molecular complexity index is 1450. The zero-order chi connectivity index (χ0) is 22.7. The second kappa shape index (κ2) is 7.07. The third-order valence-electron chi connectivity index (χ3n) is 6.47. The van der Waals surface area contributed by atoms with Crippen LogP contribution in [0.25, 0.3) is 17.0 Å². The van der Waals surface area contributed by atoms with Gasteiger partial charge in [-0.2, -0.15) is 0 Å². The van der Waals surface area contributed by atoms with E-state index in [1.807, 2.05) is 43.3 Å². The van der Waals surface area contributed by atoms with Crippen LogP contribution in [-0.4, -0.2) is 30.3 Å². The number of allylic oxidation sites excluding steroid dienone is 2. The number of fused-ring (bicyclic) bond motifs is 3. The van der Waals surface area contributed by atoms with Gasteiger partial charge in [-0.3, -0.25) is 9.78 Å². The lowest BCUT2D eigenvalue weighted by Crippen LogP contribution is -2.33. The molecule has 164 valence electrons. The summed E-state index contributed by atoms with van der Waals surface area (Å²) in [5.41, 5.74) is 4.87. The molecule has 0 bridgehead atoms. The Hall–Kier alpha value is -3.87. The molecule has 0 spiro atoms. The van der Waals surface area contributed by atoms with E-state index >= 15 is 0 Å². The Kier molecular flexibility index (Phi) is 4.24. The fourth-order valence-corrected chi connectivity index (χ4v) is 4.96. The van der Waals surface area contributed by atoms with Crippen LogP contribution in [0.1, 0.15) is 49.3 Å². The van der Waals surface area contributed by atoms with Gasteiger partial charge in [-0.1, -0.05) is 44.2 Å². The number of carbonyl (C=O) groups is 1. The van der Waals surface area contributed by atoms with Crippen molar-refractivity contribution < 1.29 is 9.53 Å². The number of carbonyl (C=O) groups excluding carboxylic acids is 1. The summed E-state index contributed by atoms with van der Waals surface area (Å²) < 4.78 is 7.96. The monoisotopic (exact) mass is 437 g/mol. The predicted octanol–water partition coefficient (Wildman–Crippen LogP) is 4.66. The van der Waals surface area contributed by atoms with Crippen molar-refractivity contribution in [3.05, 3.63) is 83.1 Å². The zero-order valence-corrected chi connectivity index (χ0v) is 18.7. The van der Waals surface area contributed by atoms with Gasteiger partial charge in [0.2, 0.25) is 5.88 Å². The van der Waals surface area contributed by atoms with E-state index in [0.29, 0.717) is 41.5 Å². The molecule has 1 unspecified atom stereocenters. The highest BCUT2D eigenvalue weighted by Crippen LogP contribution is 2.50. The normalized spacial score (nSPS) is 19.2. The Morgan fingerprint density at radius 2 is 1.97 bits per heavy atom. The summed E-state index contributed by atoms with van der Waals surface area (Å²) in [4.78, 5) is 27.2. The molecule has 1 aliphatic heterocycles. The maximum atomic E-state index is 13.4. The van der Waals surface area contributed by atoms with E-state index in [1.54, 1.807) is 23.2 Å². The molecule has 0 saturated heterocycles. The molecule has 0 radical (unpaired) electrons. The smallest absolute Gasteiger partial charge is 0.228 e. The molecule has 0 fully saturated rings. The van der Waals surface area contributed by atoms with E-state index in [0.717, 1.165) is 22.3 Å². The van der Waals surface area contributed by atoms with E-state index in [9.17, 15) is 4.79 Å². The number of rotatable bonds is 2. The summed E-state index contributed by atoms with van der Waals surface area (Å²) in [6.45, 7) is 6.22. The zero-order valence-electron chi connectivity index (χ0n) is 18.7. The number of hydrogen-bond acceptors (Lipinski definition) is 6. The van der Waals surface area contributed by atoms with Crippen LogP contribution in [0.3, 0.4) is 0 Å². The third-order valence-corrected chi connectivity index (χ3v) is 6.47. The number of pyridine rings is 1. The van der Waals surface area contributed by atoms with Crippen molar-refractivity contribution in [3.63, 3.8) is 0 Å². The lowest BCUT2D eigenvalue weighted by molar-refractivity contribution is -0.118. The van der Waals surface area contributed by atoms with Gasteiger partial charge in [0.15, 0.2) is 17.3 Å². The minimum Gasteiger partial charge on any atom is -0.442 e. The van der Waals surface area contributed by atoms with Crippen molar-refractivity contribution in [3.8, 4) is 17.3 Å². The molecule has 7 nitrogen and oxygen atoms in total. The number of aryl methyl sites for hydroxylation is 1. The molecule has 6 rings (SSSR count). The van der Waals surface area contributed by atoms with Crippen LogP contribution in [0.4, 0.5) is 0 Å². The van der Waals surface area contributed by atoms with Gasteiger partial charge in [-0.15, -0.1) is 5.10 Å². The maximum Gasteiger partial charge on any atom is 0.228 e. The number of nitrogens with zero attached hydrogens (tertiary/aromatic N) is 5. The first-order chi connectivity index (χ1) is 15.9. The van der Waals surface area contributed by atoms with Crippen LogP contribution in [0.5, 0.6) is 5.88 Å². The summed E-state index contributed by atoms with van der Waals surface area (Å²) in [6.07, 6.45) is 6.32. The van der Waals surface area contributed by atoms with Crippen LogP contribution in [0.15, 0.2) is 66.5 Å². The number of ketones is 1. The van der Waals surface area contributed by atoms with Crippen LogP contribution < -0.4 is 4.74 Å². The van der Waals surface area contributed by atoms with Crippen molar-refractivity contribution in [2.75, 3.05) is 0 Å². The van der Waals surface area contributed by atoms with Crippen LogP contribution >= 0.6 is 0 Å². The average molecular weight is 438 g/mol. The van der Waals surface area contributed by atoms with Crippen molar-refractivity contribution in [1.29, 1.82) is 0 Å². The first-order valence-electron chi connectivity index (χ1n) is 11.1. The highest BCUT2D eigenvalue weighted by atomic mass is 16.5. The highest BCUT2D eigenvalue weighted by molar-refractivity contribution is 6.00. The standard InChI is InChI=1S/C26H23N5O2/c1-15-7-4-5-9-17(15)23-29-24-22-20(16-8-6-10-27-13-16)21-18(32)11-26(2,3)12-19(21)33-25(22)28-14-31(24)30-23/h4-10,13-14,20H,11-12H2,1-3H3.